The Labute approximate surface area is 111 Å². The van der Waals surface area contributed by atoms with Crippen molar-refractivity contribution in [2.75, 3.05) is 13.1 Å². The summed E-state index contributed by atoms with van der Waals surface area (Å²) in [5.41, 5.74) is 0. The first-order valence-electron chi connectivity index (χ1n) is 7.76. The van der Waals surface area contributed by atoms with Crippen LogP contribution in [0.1, 0.15) is 51.4 Å². The lowest BCUT2D eigenvalue weighted by Gasteiger charge is -2.25. The zero-order chi connectivity index (χ0) is 12.4. The van der Waals surface area contributed by atoms with Crippen LogP contribution in [0.2, 0.25) is 0 Å². The number of hydrogen-bond acceptors (Lipinski definition) is 3. The van der Waals surface area contributed by atoms with E-state index < -0.39 is 0 Å². The number of nitrogens with one attached hydrogen (secondary N) is 1. The summed E-state index contributed by atoms with van der Waals surface area (Å²) in [4.78, 5) is 2.65. The van der Waals surface area contributed by atoms with Crippen LogP contribution in [-0.4, -0.2) is 36.1 Å². The normalized spacial score (nSPS) is 38.3. The molecule has 0 bridgehead atoms. The summed E-state index contributed by atoms with van der Waals surface area (Å²) in [6, 6.07) is 4.54. The maximum absolute atomic E-state index is 9.31. The molecular weight excluding hydrogens is 222 g/mol. The van der Waals surface area contributed by atoms with E-state index in [1.165, 1.54) is 58.0 Å². The molecule has 0 aromatic rings. The lowest BCUT2D eigenvalue weighted by Crippen LogP contribution is -2.43. The van der Waals surface area contributed by atoms with Crippen LogP contribution >= 0.6 is 0 Å². The second-order valence-electron chi connectivity index (χ2n) is 6.36. The summed E-state index contributed by atoms with van der Waals surface area (Å²) in [5, 5.41) is 13.1. The van der Waals surface area contributed by atoms with E-state index in [0.717, 1.165) is 12.5 Å². The van der Waals surface area contributed by atoms with Gasteiger partial charge in [0.1, 0.15) is 0 Å². The quantitative estimate of drug-likeness (QED) is 0.778. The topological polar surface area (TPSA) is 39.1 Å². The summed E-state index contributed by atoms with van der Waals surface area (Å²) in [6.45, 7) is 2.49. The molecule has 1 aliphatic heterocycles. The average molecular weight is 247 g/mol. The zero-order valence-electron chi connectivity index (χ0n) is 11.3. The molecule has 1 heterocycles. The van der Waals surface area contributed by atoms with Crippen LogP contribution in [0.25, 0.3) is 0 Å². The SMILES string of the molecule is N#CC1CCCCCC1NC1CCN(C2CC2)C1. The average Bonchev–Trinajstić information content (AvgIpc) is 3.16. The molecule has 3 unspecified atom stereocenters. The number of likely N-dealkylation sites (tertiary alicyclic amines) is 1. The first-order valence-corrected chi connectivity index (χ1v) is 7.76. The molecule has 3 aliphatic rings. The number of nitriles is 1. The van der Waals surface area contributed by atoms with Crippen molar-refractivity contribution >= 4 is 0 Å². The summed E-state index contributed by atoms with van der Waals surface area (Å²) in [7, 11) is 0. The van der Waals surface area contributed by atoms with Gasteiger partial charge >= 0.3 is 0 Å². The predicted molar refractivity (Wildman–Crippen MR) is 72.1 cm³/mol. The van der Waals surface area contributed by atoms with Gasteiger partial charge in [0.25, 0.3) is 0 Å². The lowest BCUT2D eigenvalue weighted by atomic mass is 9.95. The third kappa shape index (κ3) is 2.87. The highest BCUT2D eigenvalue weighted by molar-refractivity contribution is 4.97. The maximum Gasteiger partial charge on any atom is 0.0672 e. The summed E-state index contributed by atoms with van der Waals surface area (Å²) in [5.74, 6) is 0.252. The van der Waals surface area contributed by atoms with Gasteiger partial charge in [-0.1, -0.05) is 19.3 Å². The van der Waals surface area contributed by atoms with Gasteiger partial charge in [0.05, 0.1) is 12.0 Å². The zero-order valence-corrected chi connectivity index (χ0v) is 11.3. The second kappa shape index (κ2) is 5.59. The fraction of sp³-hybridized carbons (Fsp3) is 0.933. The first kappa shape index (κ1) is 12.4. The summed E-state index contributed by atoms with van der Waals surface area (Å²) >= 11 is 0. The Kier molecular flexibility index (Phi) is 3.86. The second-order valence-corrected chi connectivity index (χ2v) is 6.36. The Balaban J connectivity index is 1.52. The highest BCUT2D eigenvalue weighted by Crippen LogP contribution is 2.30. The van der Waals surface area contributed by atoms with Gasteiger partial charge in [-0.05, 0) is 32.1 Å². The molecule has 3 heteroatoms. The monoisotopic (exact) mass is 247 g/mol. The lowest BCUT2D eigenvalue weighted by molar-refractivity contribution is 0.299. The Morgan fingerprint density at radius 3 is 2.61 bits per heavy atom. The third-order valence-electron chi connectivity index (χ3n) is 4.91. The molecule has 2 aliphatic carbocycles. The number of hydrogen-bond donors (Lipinski definition) is 1. The predicted octanol–water partition coefficient (Wildman–Crippen LogP) is 2.29. The van der Waals surface area contributed by atoms with Crippen LogP contribution in [0.5, 0.6) is 0 Å². The van der Waals surface area contributed by atoms with Gasteiger partial charge in [-0.25, -0.2) is 0 Å². The summed E-state index contributed by atoms with van der Waals surface area (Å²) in [6.07, 6.45) is 10.3. The molecule has 0 radical (unpaired) electrons. The smallest absolute Gasteiger partial charge is 0.0672 e. The Bertz CT molecular complexity index is 318. The van der Waals surface area contributed by atoms with Crippen LogP contribution in [0.3, 0.4) is 0 Å². The minimum atomic E-state index is 0.252. The molecule has 3 rings (SSSR count). The van der Waals surface area contributed by atoms with Crippen LogP contribution in [0.4, 0.5) is 0 Å². The molecule has 100 valence electrons. The van der Waals surface area contributed by atoms with Crippen LogP contribution in [-0.2, 0) is 0 Å². The maximum atomic E-state index is 9.31. The highest BCUT2D eigenvalue weighted by Gasteiger charge is 2.35. The van der Waals surface area contributed by atoms with Gasteiger partial charge in [0.2, 0.25) is 0 Å². The molecule has 3 atom stereocenters. The van der Waals surface area contributed by atoms with E-state index >= 15 is 0 Å². The van der Waals surface area contributed by atoms with Gasteiger partial charge in [-0.15, -0.1) is 0 Å². The molecule has 0 spiro atoms. The van der Waals surface area contributed by atoms with Gasteiger partial charge in [-0.2, -0.15) is 5.26 Å². The molecule has 18 heavy (non-hydrogen) atoms. The highest BCUT2D eigenvalue weighted by atomic mass is 15.2. The van der Waals surface area contributed by atoms with E-state index in [9.17, 15) is 5.26 Å². The summed E-state index contributed by atoms with van der Waals surface area (Å²) < 4.78 is 0. The molecule has 0 aromatic heterocycles. The van der Waals surface area contributed by atoms with Crippen molar-refractivity contribution in [1.82, 2.24) is 10.2 Å². The number of nitrogens with zero attached hydrogens (tertiary/aromatic N) is 2. The van der Waals surface area contributed by atoms with Crippen molar-refractivity contribution in [3.63, 3.8) is 0 Å². The van der Waals surface area contributed by atoms with Crippen molar-refractivity contribution < 1.29 is 0 Å². The van der Waals surface area contributed by atoms with Gasteiger partial charge < -0.3 is 5.32 Å². The van der Waals surface area contributed by atoms with Gasteiger partial charge in [0, 0.05) is 31.2 Å². The molecular formula is C15H25N3. The molecule has 3 nitrogen and oxygen atoms in total. The Hall–Kier alpha value is -0.590. The number of rotatable bonds is 3. The van der Waals surface area contributed by atoms with E-state index in [4.69, 9.17) is 0 Å². The fourth-order valence-electron chi connectivity index (χ4n) is 3.66. The van der Waals surface area contributed by atoms with Crippen LogP contribution < -0.4 is 5.32 Å². The van der Waals surface area contributed by atoms with Crippen molar-refractivity contribution in [3.8, 4) is 6.07 Å². The van der Waals surface area contributed by atoms with Crippen molar-refractivity contribution in [3.05, 3.63) is 0 Å². The molecule has 0 amide bonds. The Morgan fingerprint density at radius 2 is 1.83 bits per heavy atom. The van der Waals surface area contributed by atoms with Crippen molar-refractivity contribution in [1.29, 1.82) is 5.26 Å². The van der Waals surface area contributed by atoms with Crippen molar-refractivity contribution in [2.24, 2.45) is 5.92 Å². The van der Waals surface area contributed by atoms with E-state index in [2.05, 4.69) is 16.3 Å². The van der Waals surface area contributed by atoms with E-state index in [-0.39, 0.29) is 5.92 Å². The van der Waals surface area contributed by atoms with Gasteiger partial charge in [-0.3, -0.25) is 4.90 Å². The minimum Gasteiger partial charge on any atom is -0.309 e. The fourth-order valence-corrected chi connectivity index (χ4v) is 3.66. The van der Waals surface area contributed by atoms with Crippen LogP contribution in [0.15, 0.2) is 0 Å². The molecule has 2 saturated carbocycles. The van der Waals surface area contributed by atoms with Crippen LogP contribution in [0, 0.1) is 17.2 Å². The Morgan fingerprint density at radius 1 is 1.00 bits per heavy atom. The standard InChI is InChI=1S/C15H25N3/c16-10-12-4-2-1-3-5-15(12)17-13-8-9-18(11-13)14-6-7-14/h12-15,17H,1-9,11H2. The minimum absolute atomic E-state index is 0.252. The van der Waals surface area contributed by atoms with E-state index in [1.54, 1.807) is 0 Å². The van der Waals surface area contributed by atoms with Gasteiger partial charge in [0.15, 0.2) is 0 Å². The van der Waals surface area contributed by atoms with Crippen molar-refractivity contribution in [2.45, 2.75) is 69.5 Å². The molecule has 3 fully saturated rings. The molecule has 1 N–H and O–H groups in total. The largest absolute Gasteiger partial charge is 0.309 e. The molecule has 0 aromatic carbocycles. The third-order valence-corrected chi connectivity index (χ3v) is 4.91. The molecule has 1 saturated heterocycles. The first-order chi connectivity index (χ1) is 8.86. The van der Waals surface area contributed by atoms with E-state index in [1.807, 2.05) is 0 Å². The van der Waals surface area contributed by atoms with E-state index in [0.29, 0.717) is 12.1 Å².